The predicted molar refractivity (Wildman–Crippen MR) is 151 cm³/mol. The van der Waals surface area contributed by atoms with Crippen LogP contribution in [0.25, 0.3) is 0 Å². The van der Waals surface area contributed by atoms with Gasteiger partial charge in [0.1, 0.15) is 23.7 Å². The van der Waals surface area contributed by atoms with E-state index in [1.165, 1.54) is 19.2 Å². The van der Waals surface area contributed by atoms with E-state index in [4.69, 9.17) is 4.74 Å². The van der Waals surface area contributed by atoms with E-state index in [0.717, 1.165) is 10.5 Å². The largest absolute Gasteiger partial charge is 0.484 e. The number of benzene rings is 3. The van der Waals surface area contributed by atoms with E-state index in [0.29, 0.717) is 14.9 Å². The summed E-state index contributed by atoms with van der Waals surface area (Å²) in [5, 5.41) is 7.66. The van der Waals surface area contributed by atoms with E-state index < -0.39 is 41.7 Å². The van der Waals surface area contributed by atoms with Gasteiger partial charge >= 0.3 is 6.03 Å². The van der Waals surface area contributed by atoms with Crippen molar-refractivity contribution >= 4 is 52.0 Å². The average Bonchev–Trinajstić information content (AvgIpc) is 3.23. The van der Waals surface area contributed by atoms with Crippen molar-refractivity contribution in [1.82, 2.24) is 15.5 Å². The molecule has 0 aliphatic carbocycles. The molecular weight excluding hydrogens is 618 g/mol. The van der Waals surface area contributed by atoms with Crippen LogP contribution in [0, 0.1) is 9.39 Å². The Morgan fingerprint density at radius 3 is 2.41 bits per heavy atom. The summed E-state index contributed by atoms with van der Waals surface area (Å²) >= 11 is 1.96. The van der Waals surface area contributed by atoms with Crippen molar-refractivity contribution in [2.75, 3.05) is 19.0 Å². The van der Waals surface area contributed by atoms with Gasteiger partial charge in [-0.2, -0.15) is 0 Å². The molecule has 39 heavy (non-hydrogen) atoms. The van der Waals surface area contributed by atoms with Gasteiger partial charge < -0.3 is 20.7 Å². The highest BCUT2D eigenvalue weighted by molar-refractivity contribution is 14.1. The minimum atomic E-state index is -1.27. The number of nitrogens with zero attached hydrogens (tertiary/aromatic N) is 1. The summed E-state index contributed by atoms with van der Waals surface area (Å²) < 4.78 is 20.6. The SMILES string of the molecule is CNC(=O)COc1ccc(C2NC(=O)N([C@@H](C(=O)Nc3ccc(I)cc3F)[C@@H](C)c3ccccc3)C2=O)cc1. The van der Waals surface area contributed by atoms with Gasteiger partial charge in [-0.25, -0.2) is 14.1 Å². The summed E-state index contributed by atoms with van der Waals surface area (Å²) in [7, 11) is 1.50. The Morgan fingerprint density at radius 2 is 1.77 bits per heavy atom. The molecule has 1 unspecified atom stereocenters. The standard InChI is InChI=1S/C28H26FIN4O5/c1-16(17-6-4-3-5-7-17)25(26(36)32-22-13-10-19(30)14-21(22)29)34-27(37)24(33-28(34)38)18-8-11-20(12-9-18)39-15-23(35)31-2/h3-14,16,24-25H,15H2,1-2H3,(H,31,35)(H,32,36)(H,33,38)/t16-,24?,25+/m0/s1. The van der Waals surface area contributed by atoms with Crippen LogP contribution >= 0.6 is 22.6 Å². The Labute approximate surface area is 238 Å². The first-order chi connectivity index (χ1) is 18.7. The van der Waals surface area contributed by atoms with Gasteiger partial charge in [0, 0.05) is 16.5 Å². The molecule has 5 amide bonds. The molecule has 202 valence electrons. The molecule has 1 fully saturated rings. The van der Waals surface area contributed by atoms with Gasteiger partial charge in [-0.05, 0) is 64.0 Å². The lowest BCUT2D eigenvalue weighted by atomic mass is 9.91. The molecule has 0 radical (unpaired) electrons. The lowest BCUT2D eigenvalue weighted by Gasteiger charge is -2.30. The first-order valence-electron chi connectivity index (χ1n) is 12.1. The van der Waals surface area contributed by atoms with E-state index in [1.54, 1.807) is 61.5 Å². The monoisotopic (exact) mass is 644 g/mol. The number of carbonyl (C=O) groups excluding carboxylic acids is 4. The molecule has 3 aromatic rings. The minimum absolute atomic E-state index is 0.0541. The fourth-order valence-corrected chi connectivity index (χ4v) is 4.72. The second-order valence-corrected chi connectivity index (χ2v) is 10.1. The fourth-order valence-electron chi connectivity index (χ4n) is 4.27. The van der Waals surface area contributed by atoms with Crippen LogP contribution in [0.15, 0.2) is 72.8 Å². The molecule has 0 bridgehead atoms. The summed E-state index contributed by atoms with van der Waals surface area (Å²) in [5.74, 6) is -2.44. The Morgan fingerprint density at radius 1 is 1.08 bits per heavy atom. The molecule has 9 nitrogen and oxygen atoms in total. The van der Waals surface area contributed by atoms with Crippen molar-refractivity contribution in [3.8, 4) is 5.75 Å². The van der Waals surface area contributed by atoms with Crippen molar-refractivity contribution in [3.63, 3.8) is 0 Å². The maximum atomic E-state index is 14.6. The first kappa shape index (κ1) is 28.0. The lowest BCUT2D eigenvalue weighted by Crippen LogP contribution is -2.50. The molecule has 0 spiro atoms. The van der Waals surface area contributed by atoms with Crippen molar-refractivity contribution in [3.05, 3.63) is 93.3 Å². The molecule has 1 aliphatic heterocycles. The highest BCUT2D eigenvalue weighted by Crippen LogP contribution is 2.32. The number of carbonyl (C=O) groups is 4. The van der Waals surface area contributed by atoms with Crippen LogP contribution in [-0.2, 0) is 14.4 Å². The van der Waals surface area contributed by atoms with Crippen molar-refractivity contribution in [2.45, 2.75) is 24.9 Å². The normalized spacial score (nSPS) is 16.3. The molecule has 0 saturated carbocycles. The highest BCUT2D eigenvalue weighted by Gasteiger charge is 2.47. The van der Waals surface area contributed by atoms with E-state index in [9.17, 15) is 23.6 Å². The molecule has 4 rings (SSSR count). The minimum Gasteiger partial charge on any atom is -0.484 e. The van der Waals surface area contributed by atoms with E-state index in [1.807, 2.05) is 28.7 Å². The Balaban J connectivity index is 1.61. The van der Waals surface area contributed by atoms with Crippen LogP contribution in [0.4, 0.5) is 14.9 Å². The summed E-state index contributed by atoms with van der Waals surface area (Å²) in [5.41, 5.74) is 1.14. The lowest BCUT2D eigenvalue weighted by molar-refractivity contribution is -0.134. The number of ether oxygens (including phenoxy) is 1. The predicted octanol–water partition coefficient (Wildman–Crippen LogP) is 3.96. The number of likely N-dealkylation sites (N-methyl/N-ethyl adjacent to an activating group) is 1. The zero-order valence-corrected chi connectivity index (χ0v) is 23.3. The van der Waals surface area contributed by atoms with Crippen LogP contribution in [0.3, 0.4) is 0 Å². The number of hydrogen-bond acceptors (Lipinski definition) is 5. The summed E-state index contributed by atoms with van der Waals surface area (Å²) in [6.45, 7) is 1.56. The molecule has 3 atom stereocenters. The van der Waals surface area contributed by atoms with Gasteiger partial charge in [0.25, 0.3) is 11.8 Å². The summed E-state index contributed by atoms with van der Waals surface area (Å²) in [4.78, 5) is 52.7. The van der Waals surface area contributed by atoms with Gasteiger partial charge in [-0.3, -0.25) is 14.4 Å². The van der Waals surface area contributed by atoms with Crippen molar-refractivity contribution < 1.29 is 28.3 Å². The van der Waals surface area contributed by atoms with E-state index >= 15 is 0 Å². The number of halogens is 2. The third kappa shape index (κ3) is 6.36. The molecule has 1 heterocycles. The van der Waals surface area contributed by atoms with Gasteiger partial charge in [0.15, 0.2) is 6.61 Å². The molecule has 0 aromatic heterocycles. The number of rotatable bonds is 9. The Bertz CT molecular complexity index is 1390. The topological polar surface area (TPSA) is 117 Å². The van der Waals surface area contributed by atoms with Gasteiger partial charge in [0.2, 0.25) is 5.91 Å². The van der Waals surface area contributed by atoms with Crippen LogP contribution in [0.1, 0.15) is 30.0 Å². The second kappa shape index (κ2) is 12.2. The number of imide groups is 1. The smallest absolute Gasteiger partial charge is 0.325 e. The van der Waals surface area contributed by atoms with Crippen LogP contribution < -0.4 is 20.7 Å². The number of hydrogen-bond donors (Lipinski definition) is 3. The number of anilines is 1. The first-order valence-corrected chi connectivity index (χ1v) is 13.1. The molecule has 3 N–H and O–H groups in total. The molecular formula is C28H26FIN4O5. The fraction of sp³-hybridized carbons (Fsp3) is 0.214. The quantitative estimate of drug-likeness (QED) is 0.241. The molecule has 3 aromatic carbocycles. The average molecular weight is 644 g/mol. The third-order valence-electron chi connectivity index (χ3n) is 6.37. The van der Waals surface area contributed by atoms with Crippen LogP contribution in [0.2, 0.25) is 0 Å². The van der Waals surface area contributed by atoms with Gasteiger partial charge in [-0.15, -0.1) is 0 Å². The zero-order valence-electron chi connectivity index (χ0n) is 21.1. The second-order valence-electron chi connectivity index (χ2n) is 8.88. The maximum Gasteiger partial charge on any atom is 0.325 e. The molecule has 11 heteroatoms. The number of nitrogens with one attached hydrogen (secondary N) is 3. The van der Waals surface area contributed by atoms with E-state index in [-0.39, 0.29) is 18.2 Å². The maximum absolute atomic E-state index is 14.6. The van der Waals surface area contributed by atoms with Gasteiger partial charge in [0.05, 0.1) is 5.69 Å². The number of amides is 5. The van der Waals surface area contributed by atoms with Crippen molar-refractivity contribution in [2.24, 2.45) is 0 Å². The Kier molecular flexibility index (Phi) is 8.79. The molecule has 1 saturated heterocycles. The summed E-state index contributed by atoms with van der Waals surface area (Å²) in [6.07, 6.45) is 0. The third-order valence-corrected chi connectivity index (χ3v) is 7.04. The zero-order chi connectivity index (χ0) is 28.1. The van der Waals surface area contributed by atoms with Crippen LogP contribution in [-0.4, -0.2) is 48.3 Å². The van der Waals surface area contributed by atoms with E-state index in [2.05, 4.69) is 16.0 Å². The highest BCUT2D eigenvalue weighted by atomic mass is 127. The van der Waals surface area contributed by atoms with Crippen molar-refractivity contribution in [1.29, 1.82) is 0 Å². The number of urea groups is 1. The van der Waals surface area contributed by atoms with Crippen LogP contribution in [0.5, 0.6) is 5.75 Å². The summed E-state index contributed by atoms with van der Waals surface area (Å²) in [6, 6.07) is 16.7. The van der Waals surface area contributed by atoms with Gasteiger partial charge in [-0.1, -0.05) is 49.4 Å². The molecule has 1 aliphatic rings. The Hall–Kier alpha value is -4.00.